The molecule has 0 aliphatic heterocycles. The molecular formula is C16H26N4O4. The first-order chi connectivity index (χ1) is 11.2. The second kappa shape index (κ2) is 9.05. The van der Waals surface area contributed by atoms with E-state index < -0.39 is 11.6 Å². The molecule has 0 fully saturated rings. The average molecular weight is 338 g/mol. The maximum Gasteiger partial charge on any atom is 0.410 e. The number of ether oxygens (including phenoxy) is 1. The molecule has 2 N–H and O–H groups in total. The van der Waals surface area contributed by atoms with E-state index in [1.807, 2.05) is 27.7 Å². The first-order valence-electron chi connectivity index (χ1n) is 8.00. The van der Waals surface area contributed by atoms with E-state index in [0.29, 0.717) is 32.0 Å². The van der Waals surface area contributed by atoms with Gasteiger partial charge in [0.25, 0.3) is 0 Å². The van der Waals surface area contributed by atoms with Crippen molar-refractivity contribution in [2.75, 3.05) is 25.0 Å². The van der Waals surface area contributed by atoms with Gasteiger partial charge in [-0.25, -0.2) is 19.6 Å². The quantitative estimate of drug-likeness (QED) is 0.702. The lowest BCUT2D eigenvalue weighted by atomic mass is 10.2. The number of nitrogens with zero attached hydrogens (tertiary/aromatic N) is 3. The van der Waals surface area contributed by atoms with Crippen molar-refractivity contribution >= 4 is 18.0 Å². The minimum absolute atomic E-state index is 0.0413. The molecular weight excluding hydrogens is 312 g/mol. The topological polar surface area (TPSA) is 105 Å². The van der Waals surface area contributed by atoms with Gasteiger partial charge in [0.2, 0.25) is 5.95 Å². The molecule has 0 aliphatic carbocycles. The van der Waals surface area contributed by atoms with Crippen LogP contribution in [0.25, 0.3) is 0 Å². The summed E-state index contributed by atoms with van der Waals surface area (Å²) in [6.45, 7) is 9.29. The van der Waals surface area contributed by atoms with Gasteiger partial charge in [-0.2, -0.15) is 0 Å². The normalized spacial score (nSPS) is 11.0. The van der Waals surface area contributed by atoms with Crippen molar-refractivity contribution in [1.82, 2.24) is 14.9 Å². The van der Waals surface area contributed by atoms with E-state index >= 15 is 0 Å². The summed E-state index contributed by atoms with van der Waals surface area (Å²) in [7, 11) is 0. The summed E-state index contributed by atoms with van der Waals surface area (Å²) < 4.78 is 5.39. The third kappa shape index (κ3) is 7.26. The fourth-order valence-corrected chi connectivity index (χ4v) is 1.89. The summed E-state index contributed by atoms with van der Waals surface area (Å²) in [6.07, 6.45) is 3.74. The van der Waals surface area contributed by atoms with E-state index in [2.05, 4.69) is 15.3 Å². The Morgan fingerprint density at radius 3 is 2.38 bits per heavy atom. The molecule has 1 amide bonds. The van der Waals surface area contributed by atoms with Crippen LogP contribution in [0.2, 0.25) is 0 Å². The Balaban J connectivity index is 2.42. The number of aromatic nitrogens is 2. The van der Waals surface area contributed by atoms with Gasteiger partial charge in [-0.1, -0.05) is 6.92 Å². The molecule has 0 atom stereocenters. The van der Waals surface area contributed by atoms with Crippen LogP contribution >= 0.6 is 0 Å². The van der Waals surface area contributed by atoms with Crippen molar-refractivity contribution in [3.63, 3.8) is 0 Å². The molecule has 1 heterocycles. The van der Waals surface area contributed by atoms with Gasteiger partial charge in [-0.15, -0.1) is 0 Å². The number of hydrogen-bond donors (Lipinski definition) is 2. The average Bonchev–Trinajstić information content (AvgIpc) is 2.49. The van der Waals surface area contributed by atoms with Gasteiger partial charge in [0.15, 0.2) is 0 Å². The molecule has 0 unspecified atom stereocenters. The monoisotopic (exact) mass is 338 g/mol. The fourth-order valence-electron chi connectivity index (χ4n) is 1.89. The van der Waals surface area contributed by atoms with E-state index in [1.54, 1.807) is 4.90 Å². The van der Waals surface area contributed by atoms with Gasteiger partial charge in [0.1, 0.15) is 5.60 Å². The molecule has 0 aliphatic rings. The first-order valence-corrected chi connectivity index (χ1v) is 8.00. The second-order valence-corrected chi connectivity index (χ2v) is 6.35. The number of nitrogens with one attached hydrogen (secondary N) is 1. The van der Waals surface area contributed by atoms with Crippen molar-refractivity contribution in [3.05, 3.63) is 18.0 Å². The van der Waals surface area contributed by atoms with Gasteiger partial charge in [-0.05, 0) is 33.6 Å². The zero-order valence-electron chi connectivity index (χ0n) is 14.7. The van der Waals surface area contributed by atoms with E-state index in [-0.39, 0.29) is 11.7 Å². The summed E-state index contributed by atoms with van der Waals surface area (Å²) in [5.74, 6) is -0.701. The maximum atomic E-state index is 12.1. The zero-order chi connectivity index (χ0) is 18.2. The van der Waals surface area contributed by atoms with E-state index in [9.17, 15) is 9.59 Å². The van der Waals surface area contributed by atoms with Crippen LogP contribution in [-0.4, -0.2) is 57.3 Å². The zero-order valence-corrected chi connectivity index (χ0v) is 14.7. The Labute approximate surface area is 142 Å². The summed E-state index contributed by atoms with van der Waals surface area (Å²) in [5.41, 5.74) is -0.472. The van der Waals surface area contributed by atoms with Gasteiger partial charge in [-0.3, -0.25) is 0 Å². The molecule has 0 aromatic carbocycles. The lowest BCUT2D eigenvalue weighted by Crippen LogP contribution is -2.38. The summed E-state index contributed by atoms with van der Waals surface area (Å²) in [4.78, 5) is 32.4. The van der Waals surface area contributed by atoms with Gasteiger partial charge in [0.05, 0.1) is 5.56 Å². The minimum Gasteiger partial charge on any atom is -0.478 e. The molecule has 24 heavy (non-hydrogen) atoms. The number of carbonyl (C=O) groups excluding carboxylic acids is 1. The van der Waals surface area contributed by atoms with Gasteiger partial charge >= 0.3 is 12.1 Å². The molecule has 0 saturated heterocycles. The molecule has 8 nitrogen and oxygen atoms in total. The Morgan fingerprint density at radius 2 is 1.88 bits per heavy atom. The minimum atomic E-state index is -1.06. The molecule has 0 radical (unpaired) electrons. The number of hydrogen-bond acceptors (Lipinski definition) is 6. The van der Waals surface area contributed by atoms with Crippen LogP contribution in [0.4, 0.5) is 10.7 Å². The van der Waals surface area contributed by atoms with Crippen LogP contribution in [0.3, 0.4) is 0 Å². The fraction of sp³-hybridized carbons (Fsp3) is 0.625. The molecule has 8 heteroatoms. The molecule has 0 spiro atoms. The van der Waals surface area contributed by atoms with Crippen molar-refractivity contribution in [1.29, 1.82) is 0 Å². The van der Waals surface area contributed by atoms with Crippen LogP contribution in [-0.2, 0) is 4.74 Å². The Hall–Kier alpha value is -2.38. The van der Waals surface area contributed by atoms with Crippen molar-refractivity contribution in [2.45, 2.75) is 46.1 Å². The lowest BCUT2D eigenvalue weighted by Gasteiger charge is -2.27. The highest BCUT2D eigenvalue weighted by atomic mass is 16.6. The summed E-state index contributed by atoms with van der Waals surface area (Å²) >= 11 is 0. The van der Waals surface area contributed by atoms with Crippen LogP contribution < -0.4 is 5.32 Å². The molecule has 134 valence electrons. The number of carboxylic acid groups (broad SMARTS) is 1. The van der Waals surface area contributed by atoms with Crippen LogP contribution in [0.1, 0.15) is 50.9 Å². The highest BCUT2D eigenvalue weighted by Crippen LogP contribution is 2.10. The SMILES string of the molecule is CCCN(CCCNc1ncc(C(=O)O)cn1)C(=O)OC(C)(C)C. The van der Waals surface area contributed by atoms with E-state index in [0.717, 1.165) is 6.42 Å². The molecule has 1 aromatic heterocycles. The smallest absolute Gasteiger partial charge is 0.410 e. The molecule has 0 saturated carbocycles. The Bertz CT molecular complexity index is 540. The standard InChI is InChI=1S/C16H26N4O4/c1-5-8-20(15(23)24-16(2,3)4)9-6-7-17-14-18-10-12(11-19-14)13(21)22/h10-11H,5-9H2,1-4H3,(H,21,22)(H,17,18,19). The van der Waals surface area contributed by atoms with Gasteiger partial charge < -0.3 is 20.1 Å². The Kier molecular flexibility index (Phi) is 7.41. The third-order valence-corrected chi connectivity index (χ3v) is 2.93. The predicted octanol–water partition coefficient (Wildman–Crippen LogP) is 2.62. The van der Waals surface area contributed by atoms with Crippen LogP contribution in [0.5, 0.6) is 0 Å². The van der Waals surface area contributed by atoms with Gasteiger partial charge in [0, 0.05) is 32.0 Å². The maximum absolute atomic E-state index is 12.1. The van der Waals surface area contributed by atoms with Crippen molar-refractivity contribution in [2.24, 2.45) is 0 Å². The molecule has 0 bridgehead atoms. The number of rotatable bonds is 8. The summed E-state index contributed by atoms with van der Waals surface area (Å²) in [6, 6.07) is 0. The first kappa shape index (κ1) is 19.7. The predicted molar refractivity (Wildman–Crippen MR) is 90.2 cm³/mol. The van der Waals surface area contributed by atoms with Crippen LogP contribution in [0.15, 0.2) is 12.4 Å². The van der Waals surface area contributed by atoms with Crippen molar-refractivity contribution in [3.8, 4) is 0 Å². The number of anilines is 1. The Morgan fingerprint density at radius 1 is 1.25 bits per heavy atom. The second-order valence-electron chi connectivity index (χ2n) is 6.35. The largest absolute Gasteiger partial charge is 0.478 e. The summed E-state index contributed by atoms with van der Waals surface area (Å²) in [5, 5.41) is 11.8. The number of carbonyl (C=O) groups is 2. The highest BCUT2D eigenvalue weighted by molar-refractivity contribution is 5.86. The third-order valence-electron chi connectivity index (χ3n) is 2.93. The van der Waals surface area contributed by atoms with Crippen LogP contribution in [0, 0.1) is 0 Å². The number of carboxylic acids is 1. The number of amides is 1. The van der Waals surface area contributed by atoms with Crippen molar-refractivity contribution < 1.29 is 19.4 Å². The number of aromatic carboxylic acids is 1. The molecule has 1 aromatic rings. The highest BCUT2D eigenvalue weighted by Gasteiger charge is 2.21. The van der Waals surface area contributed by atoms with E-state index in [1.165, 1.54) is 12.4 Å². The molecule has 1 rings (SSSR count). The van der Waals surface area contributed by atoms with E-state index in [4.69, 9.17) is 9.84 Å². The lowest BCUT2D eigenvalue weighted by molar-refractivity contribution is 0.0249.